The second-order valence-electron chi connectivity index (χ2n) is 6.91. The fraction of sp³-hybridized carbons (Fsp3) is 0.350. The molecule has 0 N–H and O–H groups in total. The highest BCUT2D eigenvalue weighted by atomic mass is 35.5. The van der Waals surface area contributed by atoms with Crippen molar-refractivity contribution in [3.8, 4) is 0 Å². The van der Waals surface area contributed by atoms with E-state index in [0.29, 0.717) is 22.8 Å². The number of aromatic nitrogens is 5. The van der Waals surface area contributed by atoms with Gasteiger partial charge >= 0.3 is 0 Å². The van der Waals surface area contributed by atoms with Crippen LogP contribution in [0.25, 0.3) is 0 Å². The van der Waals surface area contributed by atoms with Gasteiger partial charge in [0.2, 0.25) is 11.1 Å². The average Bonchev–Trinajstić information content (AvgIpc) is 3.43. The molecule has 150 valence electrons. The summed E-state index contributed by atoms with van der Waals surface area (Å²) in [5.74, 6) is 0.201. The molecule has 9 heteroatoms. The number of halogens is 1. The van der Waals surface area contributed by atoms with Gasteiger partial charge in [0.15, 0.2) is 0 Å². The number of rotatable bonds is 7. The summed E-state index contributed by atoms with van der Waals surface area (Å²) < 4.78 is 1.87. The van der Waals surface area contributed by atoms with E-state index >= 15 is 0 Å². The second-order valence-corrected chi connectivity index (χ2v) is 8.29. The van der Waals surface area contributed by atoms with Crippen molar-refractivity contribution >= 4 is 35.0 Å². The molecule has 0 saturated heterocycles. The Labute approximate surface area is 178 Å². The molecule has 7 nitrogen and oxygen atoms in total. The Bertz CT molecular complexity index is 943. The maximum Gasteiger partial charge on any atom is 0.237 e. The van der Waals surface area contributed by atoms with Gasteiger partial charge in [0, 0.05) is 16.9 Å². The summed E-state index contributed by atoms with van der Waals surface area (Å²) in [6, 6.07) is 13.3. The normalized spacial score (nSPS) is 14.2. The van der Waals surface area contributed by atoms with Crippen LogP contribution in [0, 0.1) is 0 Å². The monoisotopic (exact) mass is 428 g/mol. The van der Waals surface area contributed by atoms with E-state index in [0.717, 1.165) is 24.2 Å². The minimum absolute atomic E-state index is 0.0380. The van der Waals surface area contributed by atoms with Crippen LogP contribution in [0.4, 0.5) is 5.69 Å². The fourth-order valence-electron chi connectivity index (χ4n) is 3.46. The third-order valence-corrected chi connectivity index (χ3v) is 6.11. The lowest BCUT2D eigenvalue weighted by Gasteiger charge is -2.22. The van der Waals surface area contributed by atoms with Crippen LogP contribution in [0.3, 0.4) is 0 Å². The molecule has 0 bridgehead atoms. The largest absolute Gasteiger partial charge is 0.306 e. The quantitative estimate of drug-likeness (QED) is 0.526. The molecule has 3 aromatic rings. The molecule has 0 unspecified atom stereocenters. The summed E-state index contributed by atoms with van der Waals surface area (Å²) in [6.07, 6.45) is 6.29. The van der Waals surface area contributed by atoms with Crippen molar-refractivity contribution in [2.45, 2.75) is 43.4 Å². The molecule has 1 saturated carbocycles. The molecular weight excluding hydrogens is 408 g/mol. The van der Waals surface area contributed by atoms with Crippen LogP contribution in [0.15, 0.2) is 53.8 Å². The third kappa shape index (κ3) is 4.94. The Kier molecular flexibility index (Phi) is 6.41. The van der Waals surface area contributed by atoms with E-state index in [1.807, 2.05) is 35.0 Å². The molecule has 29 heavy (non-hydrogen) atoms. The standard InChI is InChI=1S/C20H21ClN6OS/c21-15-8-10-17(11-9-15)26(13-16-5-3-4-12-22-16)19(28)14-29-20-23-24-25-27(20)18-6-1-2-7-18/h3-5,8-12,18H,1-2,6-7,13-14H2. The molecule has 1 aromatic carbocycles. The van der Waals surface area contributed by atoms with Crippen molar-refractivity contribution in [3.63, 3.8) is 0 Å². The van der Waals surface area contributed by atoms with Gasteiger partial charge in [-0.25, -0.2) is 4.68 Å². The predicted molar refractivity (Wildman–Crippen MR) is 113 cm³/mol. The smallest absolute Gasteiger partial charge is 0.237 e. The van der Waals surface area contributed by atoms with Crippen molar-refractivity contribution in [1.29, 1.82) is 0 Å². The van der Waals surface area contributed by atoms with Crippen LogP contribution in [0.2, 0.25) is 5.02 Å². The van der Waals surface area contributed by atoms with Gasteiger partial charge in [-0.1, -0.05) is 42.3 Å². The van der Waals surface area contributed by atoms with Crippen LogP contribution < -0.4 is 4.90 Å². The minimum Gasteiger partial charge on any atom is -0.306 e. The van der Waals surface area contributed by atoms with Crippen molar-refractivity contribution in [2.24, 2.45) is 0 Å². The van der Waals surface area contributed by atoms with E-state index in [1.165, 1.54) is 24.6 Å². The first-order valence-electron chi connectivity index (χ1n) is 9.57. The van der Waals surface area contributed by atoms with Crippen LogP contribution in [-0.4, -0.2) is 36.9 Å². The van der Waals surface area contributed by atoms with Crippen molar-refractivity contribution in [3.05, 3.63) is 59.4 Å². The zero-order chi connectivity index (χ0) is 20.1. The summed E-state index contributed by atoms with van der Waals surface area (Å²) >= 11 is 7.39. The number of pyridine rings is 1. The van der Waals surface area contributed by atoms with Gasteiger partial charge in [0.05, 0.1) is 24.0 Å². The highest BCUT2D eigenvalue weighted by Crippen LogP contribution is 2.31. The van der Waals surface area contributed by atoms with Crippen molar-refractivity contribution in [1.82, 2.24) is 25.2 Å². The Morgan fingerprint density at radius 3 is 2.69 bits per heavy atom. The highest BCUT2D eigenvalue weighted by Gasteiger charge is 2.23. The SMILES string of the molecule is O=C(CSc1nnnn1C1CCCC1)N(Cc1ccccn1)c1ccc(Cl)cc1. The maximum atomic E-state index is 13.1. The first-order valence-corrected chi connectivity index (χ1v) is 10.9. The second kappa shape index (κ2) is 9.37. The zero-order valence-electron chi connectivity index (χ0n) is 15.8. The molecule has 4 rings (SSSR count). The number of carbonyl (C=O) groups is 1. The van der Waals surface area contributed by atoms with E-state index in [9.17, 15) is 4.79 Å². The van der Waals surface area contributed by atoms with Crippen LogP contribution in [0.5, 0.6) is 0 Å². The molecule has 1 amide bonds. The molecule has 0 aliphatic heterocycles. The molecule has 0 spiro atoms. The lowest BCUT2D eigenvalue weighted by Crippen LogP contribution is -2.32. The third-order valence-electron chi connectivity index (χ3n) is 4.94. The number of hydrogen-bond donors (Lipinski definition) is 0. The molecule has 0 atom stereocenters. The Morgan fingerprint density at radius 2 is 1.97 bits per heavy atom. The Balaban J connectivity index is 1.49. The molecule has 0 radical (unpaired) electrons. The first kappa shape index (κ1) is 19.8. The van der Waals surface area contributed by atoms with Gasteiger partial charge in [-0.15, -0.1) is 5.10 Å². The molecule has 2 heterocycles. The fourth-order valence-corrected chi connectivity index (χ4v) is 4.41. The van der Waals surface area contributed by atoms with E-state index in [-0.39, 0.29) is 11.7 Å². The van der Waals surface area contributed by atoms with Crippen LogP contribution in [0.1, 0.15) is 37.4 Å². The summed E-state index contributed by atoms with van der Waals surface area (Å²) in [5.41, 5.74) is 1.60. The maximum absolute atomic E-state index is 13.1. The van der Waals surface area contributed by atoms with E-state index in [1.54, 1.807) is 23.2 Å². The number of carbonyl (C=O) groups excluding carboxylic acids is 1. The predicted octanol–water partition coefficient (Wildman–Crippen LogP) is 4.16. The van der Waals surface area contributed by atoms with Gasteiger partial charge < -0.3 is 4.90 Å². The lowest BCUT2D eigenvalue weighted by molar-refractivity contribution is -0.116. The van der Waals surface area contributed by atoms with Crippen LogP contribution in [-0.2, 0) is 11.3 Å². The van der Waals surface area contributed by atoms with E-state index < -0.39 is 0 Å². The molecule has 1 aliphatic rings. The number of thioether (sulfide) groups is 1. The van der Waals surface area contributed by atoms with Crippen molar-refractivity contribution in [2.75, 3.05) is 10.7 Å². The van der Waals surface area contributed by atoms with Gasteiger partial charge in [0.1, 0.15) is 0 Å². The number of anilines is 1. The topological polar surface area (TPSA) is 76.8 Å². The Morgan fingerprint density at radius 1 is 1.17 bits per heavy atom. The number of amides is 1. The van der Waals surface area contributed by atoms with Gasteiger partial charge in [-0.2, -0.15) is 0 Å². The number of nitrogens with zero attached hydrogens (tertiary/aromatic N) is 6. The van der Waals surface area contributed by atoms with Crippen LogP contribution >= 0.6 is 23.4 Å². The van der Waals surface area contributed by atoms with E-state index in [2.05, 4.69) is 20.5 Å². The van der Waals surface area contributed by atoms with Crippen molar-refractivity contribution < 1.29 is 4.79 Å². The summed E-state index contributed by atoms with van der Waals surface area (Å²) in [7, 11) is 0. The number of benzene rings is 1. The summed E-state index contributed by atoms with van der Waals surface area (Å²) in [6.45, 7) is 0.384. The lowest BCUT2D eigenvalue weighted by atomic mass is 10.2. The molecule has 1 aliphatic carbocycles. The number of tetrazole rings is 1. The Hall–Kier alpha value is -2.45. The molecular formula is C20H21ClN6OS. The minimum atomic E-state index is -0.0380. The number of hydrogen-bond acceptors (Lipinski definition) is 6. The highest BCUT2D eigenvalue weighted by molar-refractivity contribution is 7.99. The first-order chi connectivity index (χ1) is 14.2. The summed E-state index contributed by atoms with van der Waals surface area (Å²) in [5, 5.41) is 13.4. The average molecular weight is 429 g/mol. The molecule has 2 aromatic heterocycles. The molecule has 1 fully saturated rings. The van der Waals surface area contributed by atoms with E-state index in [4.69, 9.17) is 11.6 Å². The van der Waals surface area contributed by atoms with Gasteiger partial charge in [-0.3, -0.25) is 9.78 Å². The van der Waals surface area contributed by atoms with Gasteiger partial charge in [0.25, 0.3) is 0 Å². The summed E-state index contributed by atoms with van der Waals surface area (Å²) in [4.78, 5) is 19.2. The van der Waals surface area contributed by atoms with Gasteiger partial charge in [-0.05, 0) is 59.7 Å². The zero-order valence-corrected chi connectivity index (χ0v) is 17.4.